The molecule has 0 radical (unpaired) electrons. The van der Waals surface area contributed by atoms with Crippen molar-refractivity contribution < 1.29 is 21.6 Å². The molecule has 0 atom stereocenters. The van der Waals surface area contributed by atoms with Crippen molar-refractivity contribution in [2.24, 2.45) is 0 Å². The van der Waals surface area contributed by atoms with E-state index in [4.69, 9.17) is 0 Å². The molecule has 1 aliphatic rings. The molecule has 0 aromatic heterocycles. The van der Waals surface area contributed by atoms with Crippen LogP contribution in [0.15, 0.2) is 88.7 Å². The van der Waals surface area contributed by atoms with Crippen molar-refractivity contribution in [3.63, 3.8) is 0 Å². The van der Waals surface area contributed by atoms with Crippen molar-refractivity contribution in [2.75, 3.05) is 36.4 Å². The largest absolute Gasteiger partial charge is 0.310 e. The zero-order valence-electron chi connectivity index (χ0n) is 18.8. The van der Waals surface area contributed by atoms with Crippen molar-refractivity contribution in [1.29, 1.82) is 0 Å². The standard InChI is InChI=1S/C24H25N3O5S2/c1-25(2)33(29,30)22-13-14-23-19(17-22)15-16-26(23)24(28)18-27(20-9-5-3-6-10-20)34(31,32)21-11-7-4-8-12-21/h3-14,17H,15-16,18H2,1-2H3. The predicted octanol–water partition coefficient (Wildman–Crippen LogP) is 2.72. The molecule has 8 nitrogen and oxygen atoms in total. The van der Waals surface area contributed by atoms with E-state index < -0.39 is 32.5 Å². The van der Waals surface area contributed by atoms with Crippen LogP contribution in [0.5, 0.6) is 0 Å². The lowest BCUT2D eigenvalue weighted by Crippen LogP contribution is -2.42. The highest BCUT2D eigenvalue weighted by atomic mass is 32.2. The van der Waals surface area contributed by atoms with Gasteiger partial charge in [0.2, 0.25) is 15.9 Å². The summed E-state index contributed by atoms with van der Waals surface area (Å²) in [4.78, 5) is 15.1. The molecule has 34 heavy (non-hydrogen) atoms. The molecule has 0 spiro atoms. The molecule has 10 heteroatoms. The fraction of sp³-hybridized carbons (Fsp3) is 0.208. The average Bonchev–Trinajstić information content (AvgIpc) is 3.27. The Hall–Kier alpha value is -3.21. The molecule has 3 aromatic carbocycles. The van der Waals surface area contributed by atoms with Crippen LogP contribution in [0.1, 0.15) is 5.56 Å². The first-order chi connectivity index (χ1) is 16.1. The number of benzene rings is 3. The Morgan fingerprint density at radius 1 is 0.824 bits per heavy atom. The molecule has 178 valence electrons. The number of hydrogen-bond acceptors (Lipinski definition) is 5. The van der Waals surface area contributed by atoms with E-state index in [-0.39, 0.29) is 9.79 Å². The number of carbonyl (C=O) groups excluding carboxylic acids is 1. The SMILES string of the molecule is CN(C)S(=O)(=O)c1ccc2c(c1)CCN2C(=O)CN(c1ccccc1)S(=O)(=O)c1ccccc1. The maximum atomic E-state index is 13.4. The average molecular weight is 500 g/mol. The molecule has 0 N–H and O–H groups in total. The summed E-state index contributed by atoms with van der Waals surface area (Å²) in [6, 6.07) is 21.1. The first kappa shape index (κ1) is 23.9. The van der Waals surface area contributed by atoms with Gasteiger partial charge in [-0.2, -0.15) is 0 Å². The van der Waals surface area contributed by atoms with Gasteiger partial charge in [0.1, 0.15) is 6.54 Å². The minimum absolute atomic E-state index is 0.0898. The minimum atomic E-state index is -3.99. The lowest BCUT2D eigenvalue weighted by atomic mass is 10.2. The summed E-state index contributed by atoms with van der Waals surface area (Å²) >= 11 is 0. The van der Waals surface area contributed by atoms with Gasteiger partial charge in [-0.3, -0.25) is 9.10 Å². The van der Waals surface area contributed by atoms with Crippen LogP contribution in [0.3, 0.4) is 0 Å². The van der Waals surface area contributed by atoms with Crippen molar-refractivity contribution in [1.82, 2.24) is 4.31 Å². The second-order valence-corrected chi connectivity index (χ2v) is 12.0. The summed E-state index contributed by atoms with van der Waals surface area (Å²) in [7, 11) is -4.67. The third-order valence-corrected chi connectivity index (χ3v) is 9.28. The molecule has 0 unspecified atom stereocenters. The van der Waals surface area contributed by atoms with Gasteiger partial charge in [-0.05, 0) is 54.4 Å². The third-order valence-electron chi connectivity index (χ3n) is 5.68. The molecule has 1 aliphatic heterocycles. The first-order valence-electron chi connectivity index (χ1n) is 10.6. The Morgan fingerprint density at radius 2 is 1.44 bits per heavy atom. The van der Waals surface area contributed by atoms with Gasteiger partial charge >= 0.3 is 0 Å². The summed E-state index contributed by atoms with van der Waals surface area (Å²) < 4.78 is 54.0. The lowest BCUT2D eigenvalue weighted by Gasteiger charge is -2.27. The van der Waals surface area contributed by atoms with E-state index in [0.29, 0.717) is 24.3 Å². The maximum Gasteiger partial charge on any atom is 0.264 e. The van der Waals surface area contributed by atoms with E-state index in [1.54, 1.807) is 60.7 Å². The predicted molar refractivity (Wildman–Crippen MR) is 131 cm³/mol. The van der Waals surface area contributed by atoms with E-state index in [1.807, 2.05) is 0 Å². The highest BCUT2D eigenvalue weighted by molar-refractivity contribution is 7.92. The minimum Gasteiger partial charge on any atom is -0.310 e. The smallest absolute Gasteiger partial charge is 0.264 e. The summed E-state index contributed by atoms with van der Waals surface area (Å²) in [5.41, 5.74) is 1.70. The van der Waals surface area contributed by atoms with Gasteiger partial charge in [-0.1, -0.05) is 36.4 Å². The second kappa shape index (κ2) is 9.21. The summed E-state index contributed by atoms with van der Waals surface area (Å²) in [6.07, 6.45) is 0.481. The van der Waals surface area contributed by atoms with E-state index in [9.17, 15) is 21.6 Å². The van der Waals surface area contributed by atoms with Crippen LogP contribution >= 0.6 is 0 Å². The van der Waals surface area contributed by atoms with E-state index in [2.05, 4.69) is 0 Å². The van der Waals surface area contributed by atoms with Crippen LogP contribution in [0.25, 0.3) is 0 Å². The summed E-state index contributed by atoms with van der Waals surface area (Å²) in [5, 5.41) is 0. The van der Waals surface area contributed by atoms with Crippen molar-refractivity contribution in [2.45, 2.75) is 16.2 Å². The number of amides is 1. The van der Waals surface area contributed by atoms with E-state index in [1.165, 1.54) is 37.2 Å². The number of para-hydroxylation sites is 1. The molecule has 1 heterocycles. The Balaban J connectivity index is 1.66. The van der Waals surface area contributed by atoms with Crippen LogP contribution in [0, 0.1) is 0 Å². The highest BCUT2D eigenvalue weighted by Gasteiger charge is 2.32. The van der Waals surface area contributed by atoms with Gasteiger partial charge in [-0.15, -0.1) is 0 Å². The van der Waals surface area contributed by atoms with Gasteiger partial charge in [0, 0.05) is 26.3 Å². The Bertz CT molecular complexity index is 1410. The van der Waals surface area contributed by atoms with Crippen LogP contribution in [0.4, 0.5) is 11.4 Å². The molecule has 0 saturated heterocycles. The monoisotopic (exact) mass is 499 g/mol. The number of hydrogen-bond donors (Lipinski definition) is 0. The second-order valence-electron chi connectivity index (χ2n) is 8.03. The number of fused-ring (bicyclic) bond motifs is 1. The summed E-state index contributed by atoms with van der Waals surface area (Å²) in [6.45, 7) is -0.0495. The van der Waals surface area contributed by atoms with Crippen molar-refractivity contribution in [3.05, 3.63) is 84.4 Å². The van der Waals surface area contributed by atoms with Crippen LogP contribution < -0.4 is 9.21 Å². The molecule has 0 aliphatic carbocycles. The number of rotatable bonds is 7. The van der Waals surface area contributed by atoms with Crippen molar-refractivity contribution >= 4 is 37.3 Å². The normalized spacial score (nSPS) is 13.7. The zero-order valence-corrected chi connectivity index (χ0v) is 20.5. The van der Waals surface area contributed by atoms with E-state index in [0.717, 1.165) is 14.2 Å². The van der Waals surface area contributed by atoms with Crippen LogP contribution in [-0.2, 0) is 31.3 Å². The topological polar surface area (TPSA) is 95.1 Å². The zero-order chi connectivity index (χ0) is 24.5. The van der Waals surface area contributed by atoms with Crippen LogP contribution in [-0.4, -0.2) is 54.2 Å². The molecule has 0 bridgehead atoms. The number of sulfonamides is 2. The van der Waals surface area contributed by atoms with E-state index >= 15 is 0 Å². The fourth-order valence-electron chi connectivity index (χ4n) is 3.85. The van der Waals surface area contributed by atoms with Gasteiger partial charge < -0.3 is 4.90 Å². The van der Waals surface area contributed by atoms with Crippen molar-refractivity contribution in [3.8, 4) is 0 Å². The maximum absolute atomic E-state index is 13.4. The summed E-state index contributed by atoms with van der Waals surface area (Å²) in [5.74, 6) is -0.398. The molecule has 3 aromatic rings. The quantitative estimate of drug-likeness (QED) is 0.498. The molecular formula is C24H25N3O5S2. The first-order valence-corrected chi connectivity index (χ1v) is 13.5. The Kier molecular flexibility index (Phi) is 6.48. The number of nitrogens with zero attached hydrogens (tertiary/aromatic N) is 3. The molecular weight excluding hydrogens is 474 g/mol. The molecule has 0 fully saturated rings. The van der Waals surface area contributed by atoms with Gasteiger partial charge in [0.15, 0.2) is 0 Å². The van der Waals surface area contributed by atoms with Gasteiger partial charge in [0.25, 0.3) is 10.0 Å². The van der Waals surface area contributed by atoms with Crippen LogP contribution in [0.2, 0.25) is 0 Å². The fourth-order valence-corrected chi connectivity index (χ4v) is 6.23. The van der Waals surface area contributed by atoms with Gasteiger partial charge in [-0.25, -0.2) is 21.1 Å². The van der Waals surface area contributed by atoms with Gasteiger partial charge in [0.05, 0.1) is 15.5 Å². The number of anilines is 2. The molecule has 1 amide bonds. The Morgan fingerprint density at radius 3 is 2.06 bits per heavy atom. The Labute approximate surface area is 200 Å². The molecule has 4 rings (SSSR count). The lowest BCUT2D eigenvalue weighted by molar-refractivity contribution is -0.117. The number of carbonyl (C=O) groups is 1. The third kappa shape index (κ3) is 4.44. The highest BCUT2D eigenvalue weighted by Crippen LogP contribution is 2.32. The molecule has 0 saturated carbocycles.